The summed E-state index contributed by atoms with van der Waals surface area (Å²) in [7, 11) is 3.27. The maximum absolute atomic E-state index is 5.81. The van der Waals surface area contributed by atoms with Crippen molar-refractivity contribution in [1.82, 2.24) is 4.98 Å². The summed E-state index contributed by atoms with van der Waals surface area (Å²) in [5.74, 6) is 1.00. The van der Waals surface area contributed by atoms with Crippen LogP contribution in [-0.4, -0.2) is 51.3 Å². The van der Waals surface area contributed by atoms with Gasteiger partial charge < -0.3 is 23.8 Å². The van der Waals surface area contributed by atoms with E-state index >= 15 is 0 Å². The smallest absolute Gasteiger partial charge is 0.171 e. The molecule has 0 unspecified atom stereocenters. The Hall–Kier alpha value is -2.05. The Balaban J connectivity index is 1.67. The Labute approximate surface area is 141 Å². The second-order valence-electron chi connectivity index (χ2n) is 6.07. The van der Waals surface area contributed by atoms with Crippen molar-refractivity contribution in [2.45, 2.75) is 18.6 Å². The highest BCUT2D eigenvalue weighted by Gasteiger charge is 2.40. The van der Waals surface area contributed by atoms with E-state index in [-0.39, 0.29) is 5.79 Å². The van der Waals surface area contributed by atoms with Gasteiger partial charge in [-0.15, -0.1) is 0 Å². The van der Waals surface area contributed by atoms with E-state index in [2.05, 4.69) is 16.0 Å². The van der Waals surface area contributed by atoms with E-state index < -0.39 is 0 Å². The maximum Gasteiger partial charge on any atom is 0.171 e. The minimum absolute atomic E-state index is 0.375. The van der Waals surface area contributed by atoms with Crippen LogP contribution in [0.25, 0.3) is 10.9 Å². The van der Waals surface area contributed by atoms with Crippen LogP contribution >= 0.6 is 0 Å². The molecule has 1 spiro atoms. The van der Waals surface area contributed by atoms with Crippen LogP contribution in [0.3, 0.4) is 0 Å². The molecule has 2 fully saturated rings. The number of aromatic nitrogens is 1. The van der Waals surface area contributed by atoms with Crippen LogP contribution in [0.15, 0.2) is 18.3 Å². The molecule has 1 aromatic heterocycles. The van der Waals surface area contributed by atoms with Crippen molar-refractivity contribution >= 4 is 16.6 Å². The average Bonchev–Trinajstić information content (AvgIpc) is 3.08. The van der Waals surface area contributed by atoms with Crippen molar-refractivity contribution < 1.29 is 18.9 Å². The van der Waals surface area contributed by atoms with Gasteiger partial charge in [0.2, 0.25) is 0 Å². The van der Waals surface area contributed by atoms with Crippen LogP contribution in [0, 0.1) is 6.07 Å². The fraction of sp³-hybridized carbons (Fsp3) is 0.500. The second kappa shape index (κ2) is 6.11. The Morgan fingerprint density at radius 2 is 1.75 bits per heavy atom. The number of methoxy groups -OCH3 is 2. The average molecular weight is 329 g/mol. The molecular formula is C18H21N2O4. The van der Waals surface area contributed by atoms with Gasteiger partial charge in [0.1, 0.15) is 0 Å². The Morgan fingerprint density at radius 3 is 2.42 bits per heavy atom. The molecule has 1 radical (unpaired) electrons. The number of hydrogen-bond donors (Lipinski definition) is 0. The summed E-state index contributed by atoms with van der Waals surface area (Å²) in [6, 6.07) is 7.16. The van der Waals surface area contributed by atoms with Gasteiger partial charge in [-0.3, -0.25) is 4.98 Å². The molecule has 0 N–H and O–H groups in total. The predicted molar refractivity (Wildman–Crippen MR) is 89.8 cm³/mol. The van der Waals surface area contributed by atoms with E-state index in [0.29, 0.717) is 24.7 Å². The highest BCUT2D eigenvalue weighted by molar-refractivity contribution is 5.93. The van der Waals surface area contributed by atoms with Gasteiger partial charge in [0.15, 0.2) is 17.3 Å². The highest BCUT2D eigenvalue weighted by Crippen LogP contribution is 2.38. The van der Waals surface area contributed by atoms with Crippen molar-refractivity contribution in [1.29, 1.82) is 0 Å². The van der Waals surface area contributed by atoms with Crippen LogP contribution in [0.5, 0.6) is 11.5 Å². The standard InChI is InChI=1S/C18H21N2O4/c1-21-16-11-13-14(12-17(16)22-2)19-6-3-15(13)20-7-4-18(5-8-20)23-9-10-24-18/h6,11-12H,4-5,7-10H2,1-2H3. The molecule has 2 saturated heterocycles. The maximum atomic E-state index is 5.81. The molecule has 24 heavy (non-hydrogen) atoms. The van der Waals surface area contributed by atoms with Crippen molar-refractivity contribution in [3.63, 3.8) is 0 Å². The molecule has 127 valence electrons. The number of fused-ring (bicyclic) bond motifs is 1. The largest absolute Gasteiger partial charge is 0.493 e. The van der Waals surface area contributed by atoms with Crippen LogP contribution in [0.4, 0.5) is 5.69 Å². The topological polar surface area (TPSA) is 53.1 Å². The molecule has 2 aliphatic rings. The van der Waals surface area contributed by atoms with Crippen molar-refractivity contribution in [3.8, 4) is 11.5 Å². The number of anilines is 1. The minimum atomic E-state index is -0.375. The van der Waals surface area contributed by atoms with E-state index in [1.807, 2.05) is 12.1 Å². The van der Waals surface area contributed by atoms with Crippen molar-refractivity contribution in [3.05, 3.63) is 24.4 Å². The highest BCUT2D eigenvalue weighted by atomic mass is 16.7. The summed E-state index contributed by atoms with van der Waals surface area (Å²) >= 11 is 0. The predicted octanol–water partition coefficient (Wildman–Crippen LogP) is 2.40. The van der Waals surface area contributed by atoms with Gasteiger partial charge in [-0.05, 0) is 6.07 Å². The van der Waals surface area contributed by atoms with Crippen molar-refractivity contribution in [2.75, 3.05) is 45.4 Å². The molecule has 4 rings (SSSR count). The molecule has 0 amide bonds. The second-order valence-corrected chi connectivity index (χ2v) is 6.07. The number of hydrogen-bond acceptors (Lipinski definition) is 6. The molecule has 0 saturated carbocycles. The first-order valence-electron chi connectivity index (χ1n) is 8.20. The van der Waals surface area contributed by atoms with Crippen LogP contribution in [-0.2, 0) is 9.47 Å². The lowest BCUT2D eigenvalue weighted by molar-refractivity contribution is -0.169. The minimum Gasteiger partial charge on any atom is -0.493 e. The number of piperidine rings is 1. The van der Waals surface area contributed by atoms with E-state index in [0.717, 1.165) is 42.5 Å². The number of benzene rings is 1. The third kappa shape index (κ3) is 2.56. The number of nitrogens with zero attached hydrogens (tertiary/aromatic N) is 2. The zero-order valence-electron chi connectivity index (χ0n) is 14.0. The molecule has 6 nitrogen and oxygen atoms in total. The van der Waals surface area contributed by atoms with Crippen LogP contribution in [0.1, 0.15) is 12.8 Å². The lowest BCUT2D eigenvalue weighted by Gasteiger charge is -2.38. The Bertz CT molecular complexity index is 733. The SMILES string of the molecule is COc1cc2nc[c]c(N3CCC4(CC3)OCCO4)c2cc1OC. The van der Waals surface area contributed by atoms with Gasteiger partial charge in [-0.1, -0.05) is 0 Å². The zero-order chi connectivity index (χ0) is 16.6. The summed E-state index contributed by atoms with van der Waals surface area (Å²) in [6.07, 6.45) is 3.44. The number of pyridine rings is 1. The lowest BCUT2D eigenvalue weighted by atomic mass is 10.0. The van der Waals surface area contributed by atoms with Crippen molar-refractivity contribution in [2.24, 2.45) is 0 Å². The van der Waals surface area contributed by atoms with Gasteiger partial charge in [0, 0.05) is 49.6 Å². The van der Waals surface area contributed by atoms with Gasteiger partial charge in [0.05, 0.1) is 38.6 Å². The summed E-state index contributed by atoms with van der Waals surface area (Å²) in [5.41, 5.74) is 1.91. The molecule has 3 heterocycles. The first-order chi connectivity index (χ1) is 11.7. The monoisotopic (exact) mass is 329 g/mol. The molecule has 0 atom stereocenters. The molecule has 2 aliphatic heterocycles. The van der Waals surface area contributed by atoms with E-state index in [9.17, 15) is 0 Å². The Morgan fingerprint density at radius 1 is 1.08 bits per heavy atom. The van der Waals surface area contributed by atoms with Gasteiger partial charge in [-0.2, -0.15) is 0 Å². The van der Waals surface area contributed by atoms with E-state index in [1.165, 1.54) is 0 Å². The number of rotatable bonds is 3. The molecule has 1 aromatic carbocycles. The van der Waals surface area contributed by atoms with E-state index in [1.54, 1.807) is 20.4 Å². The molecule has 6 heteroatoms. The van der Waals surface area contributed by atoms with Crippen LogP contribution in [0.2, 0.25) is 0 Å². The summed E-state index contributed by atoms with van der Waals surface area (Å²) in [6.45, 7) is 3.12. The fourth-order valence-corrected chi connectivity index (χ4v) is 3.52. The Kier molecular flexibility index (Phi) is 3.94. The summed E-state index contributed by atoms with van der Waals surface area (Å²) in [4.78, 5) is 6.74. The van der Waals surface area contributed by atoms with E-state index in [4.69, 9.17) is 18.9 Å². The number of ether oxygens (including phenoxy) is 4. The van der Waals surface area contributed by atoms with Crippen LogP contribution < -0.4 is 14.4 Å². The van der Waals surface area contributed by atoms with Gasteiger partial charge >= 0.3 is 0 Å². The first kappa shape index (κ1) is 15.5. The lowest BCUT2D eigenvalue weighted by Crippen LogP contribution is -2.45. The third-order valence-corrected chi connectivity index (χ3v) is 4.82. The van der Waals surface area contributed by atoms with Gasteiger partial charge in [-0.25, -0.2) is 0 Å². The summed E-state index contributed by atoms with van der Waals surface area (Å²) in [5, 5.41) is 1.01. The normalized spacial score (nSPS) is 19.8. The summed E-state index contributed by atoms with van der Waals surface area (Å²) < 4.78 is 22.4. The van der Waals surface area contributed by atoms with Gasteiger partial charge in [0.25, 0.3) is 0 Å². The molecule has 0 bridgehead atoms. The zero-order valence-corrected chi connectivity index (χ0v) is 14.0. The molecule has 0 aliphatic carbocycles. The fourth-order valence-electron chi connectivity index (χ4n) is 3.52. The third-order valence-electron chi connectivity index (χ3n) is 4.82. The first-order valence-corrected chi connectivity index (χ1v) is 8.20. The molecular weight excluding hydrogens is 308 g/mol. The molecule has 2 aromatic rings. The quantitative estimate of drug-likeness (QED) is 0.862.